The van der Waals surface area contributed by atoms with Gasteiger partial charge < -0.3 is 9.84 Å². The Morgan fingerprint density at radius 1 is 1.12 bits per heavy atom. The van der Waals surface area contributed by atoms with Crippen LogP contribution in [0.5, 0.6) is 0 Å². The van der Waals surface area contributed by atoms with Crippen LogP contribution in [0.2, 0.25) is 0 Å². The fourth-order valence-electron chi connectivity index (χ4n) is 7.35. The maximum Gasteiger partial charge on any atom is 0.139 e. The summed E-state index contributed by atoms with van der Waals surface area (Å²) in [4.78, 5) is 12.5. The second-order valence-corrected chi connectivity index (χ2v) is 9.80. The molecule has 0 aliphatic heterocycles. The van der Waals surface area contributed by atoms with Crippen molar-refractivity contribution in [2.45, 2.75) is 70.8 Å². The first-order valence-electron chi connectivity index (χ1n) is 10.1. The Morgan fingerprint density at radius 3 is 2.67 bits per heavy atom. The molecular formula is C21H34O3. The SMILES string of the molecule is COCC1C[C@H]2[C@H](CC[C@@H]3[C@@H]2CC[C@]2(C)C(=O)CC[C@@H]32)CC1(C)O. The molecular weight excluding hydrogens is 300 g/mol. The van der Waals surface area contributed by atoms with Gasteiger partial charge in [-0.2, -0.15) is 0 Å². The summed E-state index contributed by atoms with van der Waals surface area (Å²) in [6.07, 6.45) is 8.87. The zero-order valence-corrected chi connectivity index (χ0v) is 15.6. The third-order valence-electron chi connectivity index (χ3n) is 8.71. The number of aliphatic hydroxyl groups is 1. The van der Waals surface area contributed by atoms with Crippen molar-refractivity contribution < 1.29 is 14.6 Å². The topological polar surface area (TPSA) is 46.5 Å². The fraction of sp³-hybridized carbons (Fsp3) is 0.952. The van der Waals surface area contributed by atoms with Gasteiger partial charge in [0.25, 0.3) is 0 Å². The van der Waals surface area contributed by atoms with E-state index in [1.165, 1.54) is 19.3 Å². The van der Waals surface area contributed by atoms with Crippen molar-refractivity contribution in [1.29, 1.82) is 0 Å². The number of methoxy groups -OCH3 is 1. The first kappa shape index (κ1) is 17.0. The quantitative estimate of drug-likeness (QED) is 0.835. The van der Waals surface area contributed by atoms with Crippen LogP contribution in [0.1, 0.15) is 65.2 Å². The summed E-state index contributed by atoms with van der Waals surface area (Å²) < 4.78 is 5.43. The third-order valence-corrected chi connectivity index (χ3v) is 8.71. The van der Waals surface area contributed by atoms with E-state index in [0.29, 0.717) is 24.2 Å². The molecule has 0 radical (unpaired) electrons. The van der Waals surface area contributed by atoms with Crippen molar-refractivity contribution >= 4 is 5.78 Å². The van der Waals surface area contributed by atoms with Gasteiger partial charge in [-0.1, -0.05) is 6.92 Å². The van der Waals surface area contributed by atoms with Gasteiger partial charge in [-0.15, -0.1) is 0 Å². The molecule has 4 saturated carbocycles. The van der Waals surface area contributed by atoms with Crippen LogP contribution in [0.3, 0.4) is 0 Å². The van der Waals surface area contributed by atoms with Gasteiger partial charge in [0.05, 0.1) is 12.2 Å². The lowest BCUT2D eigenvalue weighted by Crippen LogP contribution is -2.53. The normalized spacial score (nSPS) is 54.1. The van der Waals surface area contributed by atoms with Gasteiger partial charge in [0.1, 0.15) is 5.78 Å². The van der Waals surface area contributed by atoms with Crippen LogP contribution in [-0.2, 0) is 9.53 Å². The molecule has 1 N–H and O–H groups in total. The molecule has 0 aromatic rings. The first-order valence-corrected chi connectivity index (χ1v) is 10.1. The van der Waals surface area contributed by atoms with Crippen LogP contribution in [-0.4, -0.2) is 30.2 Å². The molecule has 0 aromatic heterocycles. The van der Waals surface area contributed by atoms with E-state index >= 15 is 0 Å². The highest BCUT2D eigenvalue weighted by atomic mass is 16.5. The molecule has 4 fully saturated rings. The smallest absolute Gasteiger partial charge is 0.139 e. The van der Waals surface area contributed by atoms with Crippen LogP contribution in [0, 0.1) is 40.9 Å². The molecule has 0 bridgehead atoms. The van der Waals surface area contributed by atoms with Crippen LogP contribution in [0.15, 0.2) is 0 Å². The average molecular weight is 335 g/mol. The number of carbonyl (C=O) groups excluding carboxylic acids is 1. The van der Waals surface area contributed by atoms with Crippen molar-refractivity contribution in [2.24, 2.45) is 40.9 Å². The Hall–Kier alpha value is -0.410. The Balaban J connectivity index is 1.56. The van der Waals surface area contributed by atoms with E-state index in [-0.39, 0.29) is 11.3 Å². The fourth-order valence-corrected chi connectivity index (χ4v) is 7.35. The summed E-state index contributed by atoms with van der Waals surface area (Å²) in [6, 6.07) is 0. The highest BCUT2D eigenvalue weighted by molar-refractivity contribution is 5.87. The lowest BCUT2D eigenvalue weighted by Gasteiger charge is -2.57. The van der Waals surface area contributed by atoms with Crippen molar-refractivity contribution in [3.8, 4) is 0 Å². The largest absolute Gasteiger partial charge is 0.390 e. The van der Waals surface area contributed by atoms with Gasteiger partial charge in [0, 0.05) is 24.9 Å². The minimum Gasteiger partial charge on any atom is -0.390 e. The van der Waals surface area contributed by atoms with E-state index in [2.05, 4.69) is 6.92 Å². The zero-order valence-electron chi connectivity index (χ0n) is 15.6. The second-order valence-electron chi connectivity index (χ2n) is 9.80. The molecule has 0 amide bonds. The van der Waals surface area contributed by atoms with Crippen molar-refractivity contribution in [1.82, 2.24) is 0 Å². The first-order chi connectivity index (χ1) is 11.4. The summed E-state index contributed by atoms with van der Waals surface area (Å²) in [5.74, 6) is 4.39. The average Bonchev–Trinajstić information content (AvgIpc) is 2.83. The molecule has 0 saturated heterocycles. The summed E-state index contributed by atoms with van der Waals surface area (Å²) >= 11 is 0. The summed E-state index contributed by atoms with van der Waals surface area (Å²) in [5, 5.41) is 10.9. The van der Waals surface area contributed by atoms with E-state index in [0.717, 1.165) is 49.9 Å². The standard InChI is InChI=1S/C21H34O3/c1-20-9-8-15-16(18(20)6-7-19(20)22)5-4-13-11-21(2,23)14(12-24-3)10-17(13)15/h13-18,23H,4-12H2,1-3H3/t13-,14?,15+,16-,17+,18+,20+,21?/m1/s1. The molecule has 0 aromatic carbocycles. The van der Waals surface area contributed by atoms with Gasteiger partial charge >= 0.3 is 0 Å². The second kappa shape index (κ2) is 5.81. The number of carbonyl (C=O) groups is 1. The van der Waals surface area contributed by atoms with Gasteiger partial charge in [-0.3, -0.25) is 4.79 Å². The molecule has 0 spiro atoms. The van der Waals surface area contributed by atoms with E-state index in [1.54, 1.807) is 7.11 Å². The number of Topliss-reactive ketones (excluding diaryl/α,β-unsaturated/α-hetero) is 1. The number of fused-ring (bicyclic) bond motifs is 5. The Bertz CT molecular complexity index is 513. The summed E-state index contributed by atoms with van der Waals surface area (Å²) in [5.41, 5.74) is -0.587. The molecule has 2 unspecified atom stereocenters. The Labute approximate surface area is 146 Å². The number of ether oxygens (including phenoxy) is 1. The summed E-state index contributed by atoms with van der Waals surface area (Å²) in [7, 11) is 1.75. The number of hydrogen-bond donors (Lipinski definition) is 1. The molecule has 3 nitrogen and oxygen atoms in total. The lowest BCUT2D eigenvalue weighted by atomic mass is 9.49. The van der Waals surface area contributed by atoms with E-state index in [4.69, 9.17) is 4.74 Å². The van der Waals surface area contributed by atoms with Crippen molar-refractivity contribution in [2.75, 3.05) is 13.7 Å². The molecule has 4 rings (SSSR count). The van der Waals surface area contributed by atoms with Gasteiger partial charge in [0.15, 0.2) is 0 Å². The maximum atomic E-state index is 12.5. The van der Waals surface area contributed by atoms with Crippen LogP contribution >= 0.6 is 0 Å². The minimum absolute atomic E-state index is 0.0138. The number of ketones is 1. The van der Waals surface area contributed by atoms with Crippen LogP contribution in [0.25, 0.3) is 0 Å². The van der Waals surface area contributed by atoms with E-state index < -0.39 is 5.60 Å². The Kier molecular flexibility index (Phi) is 4.12. The monoisotopic (exact) mass is 334 g/mol. The van der Waals surface area contributed by atoms with E-state index in [9.17, 15) is 9.90 Å². The van der Waals surface area contributed by atoms with Crippen LogP contribution in [0.4, 0.5) is 0 Å². The third kappa shape index (κ3) is 2.41. The highest BCUT2D eigenvalue weighted by Gasteiger charge is 2.58. The lowest BCUT2D eigenvalue weighted by molar-refractivity contribution is -0.144. The maximum absolute atomic E-state index is 12.5. The molecule has 0 heterocycles. The van der Waals surface area contributed by atoms with Gasteiger partial charge in [-0.05, 0) is 81.5 Å². The minimum atomic E-state index is -0.573. The predicted molar refractivity (Wildman–Crippen MR) is 93.5 cm³/mol. The number of hydrogen-bond acceptors (Lipinski definition) is 3. The molecule has 3 heteroatoms. The molecule has 136 valence electrons. The molecule has 4 aliphatic carbocycles. The van der Waals surface area contributed by atoms with E-state index in [1.807, 2.05) is 6.92 Å². The van der Waals surface area contributed by atoms with Crippen molar-refractivity contribution in [3.63, 3.8) is 0 Å². The van der Waals surface area contributed by atoms with Crippen molar-refractivity contribution in [3.05, 3.63) is 0 Å². The molecule has 24 heavy (non-hydrogen) atoms. The Morgan fingerprint density at radius 2 is 1.92 bits per heavy atom. The van der Waals surface area contributed by atoms with Gasteiger partial charge in [-0.25, -0.2) is 0 Å². The summed E-state index contributed by atoms with van der Waals surface area (Å²) in [6.45, 7) is 4.95. The van der Waals surface area contributed by atoms with Gasteiger partial charge in [0.2, 0.25) is 0 Å². The number of rotatable bonds is 2. The molecule has 4 aliphatic rings. The van der Waals surface area contributed by atoms with Crippen LogP contribution < -0.4 is 0 Å². The predicted octanol–water partition coefficient (Wildman–Crippen LogP) is 3.83. The molecule has 8 atom stereocenters. The zero-order chi connectivity index (χ0) is 17.1. The highest BCUT2D eigenvalue weighted by Crippen LogP contribution is 2.62.